The summed E-state index contributed by atoms with van der Waals surface area (Å²) in [5, 5.41) is 4.75. The van der Waals surface area contributed by atoms with E-state index in [1.165, 1.54) is 42.8 Å². The van der Waals surface area contributed by atoms with Crippen molar-refractivity contribution in [1.29, 1.82) is 0 Å². The summed E-state index contributed by atoms with van der Waals surface area (Å²) >= 11 is 1.81. The van der Waals surface area contributed by atoms with E-state index in [2.05, 4.69) is 85.8 Å². The Morgan fingerprint density at radius 3 is 2.19 bits per heavy atom. The van der Waals surface area contributed by atoms with Crippen molar-refractivity contribution in [2.45, 2.75) is 6.92 Å². The van der Waals surface area contributed by atoms with Crippen LogP contribution in [-0.2, 0) is 0 Å². The molecule has 0 aliphatic heterocycles. The van der Waals surface area contributed by atoms with Crippen LogP contribution in [0.2, 0.25) is 0 Å². The number of benzene rings is 5. The van der Waals surface area contributed by atoms with Crippen LogP contribution in [0.1, 0.15) is 5.56 Å². The second-order valence-corrected chi connectivity index (χ2v) is 10.5. The Morgan fingerprint density at radius 1 is 0.595 bits per heavy atom. The van der Waals surface area contributed by atoms with Crippen LogP contribution < -0.4 is 0 Å². The molecule has 3 heteroatoms. The third kappa shape index (κ3) is 3.71. The fourth-order valence-corrected chi connectivity index (χ4v) is 6.55. The smallest absolute Gasteiger partial charge is 0.123 e. The number of aryl methyl sites for hydroxylation is 1. The Hall–Kier alpha value is -4.34. The summed E-state index contributed by atoms with van der Waals surface area (Å²) in [6, 6.07) is 36.7. The first kappa shape index (κ1) is 21.9. The highest BCUT2D eigenvalue weighted by molar-refractivity contribution is 7.26. The van der Waals surface area contributed by atoms with Crippen molar-refractivity contribution >= 4 is 42.3 Å². The zero-order chi connectivity index (χ0) is 24.9. The summed E-state index contributed by atoms with van der Waals surface area (Å²) in [4.78, 5) is 4.83. The van der Waals surface area contributed by atoms with E-state index in [1.807, 2.05) is 29.7 Å². The highest BCUT2D eigenvalue weighted by Crippen LogP contribution is 2.43. The van der Waals surface area contributed by atoms with Gasteiger partial charge in [-0.05, 0) is 64.9 Å². The largest absolute Gasteiger partial charge is 0.256 e. The number of thiophene rings is 1. The van der Waals surface area contributed by atoms with Gasteiger partial charge in [0.1, 0.15) is 5.82 Å². The molecule has 0 aliphatic rings. The SMILES string of the molecule is Cc1cc(-c2ccc3c(c2)sc2c4ccccc4c(-c4cccc(F)c4)cc32)ncc1-c1ccccc1. The first-order valence-corrected chi connectivity index (χ1v) is 13.1. The fourth-order valence-electron chi connectivity index (χ4n) is 5.29. The molecule has 0 saturated heterocycles. The van der Waals surface area contributed by atoms with E-state index in [4.69, 9.17) is 4.98 Å². The summed E-state index contributed by atoms with van der Waals surface area (Å²) in [7, 11) is 0. The van der Waals surface area contributed by atoms with Gasteiger partial charge in [-0.1, -0.05) is 78.9 Å². The van der Waals surface area contributed by atoms with Crippen molar-refractivity contribution < 1.29 is 4.39 Å². The van der Waals surface area contributed by atoms with Crippen LogP contribution in [0, 0.1) is 12.7 Å². The van der Waals surface area contributed by atoms with Crippen LogP contribution >= 0.6 is 11.3 Å². The average Bonchev–Trinajstić information content (AvgIpc) is 3.31. The maximum Gasteiger partial charge on any atom is 0.123 e. The minimum absolute atomic E-state index is 0.220. The highest BCUT2D eigenvalue weighted by atomic mass is 32.1. The predicted molar refractivity (Wildman–Crippen MR) is 156 cm³/mol. The van der Waals surface area contributed by atoms with Crippen molar-refractivity contribution in [2.75, 3.05) is 0 Å². The van der Waals surface area contributed by atoms with E-state index in [9.17, 15) is 4.39 Å². The van der Waals surface area contributed by atoms with Crippen LogP contribution in [0.15, 0.2) is 115 Å². The number of hydrogen-bond donors (Lipinski definition) is 0. The van der Waals surface area contributed by atoms with Crippen LogP contribution in [0.25, 0.3) is 64.5 Å². The molecule has 0 atom stereocenters. The maximum absolute atomic E-state index is 14.1. The molecule has 0 fully saturated rings. The van der Waals surface area contributed by atoms with Crippen LogP contribution in [0.5, 0.6) is 0 Å². The van der Waals surface area contributed by atoms with Gasteiger partial charge in [0.2, 0.25) is 0 Å². The lowest BCUT2D eigenvalue weighted by molar-refractivity contribution is 0.628. The van der Waals surface area contributed by atoms with Crippen molar-refractivity contribution in [2.24, 2.45) is 0 Å². The number of halogens is 1. The van der Waals surface area contributed by atoms with Gasteiger partial charge < -0.3 is 0 Å². The van der Waals surface area contributed by atoms with Gasteiger partial charge in [0.15, 0.2) is 0 Å². The molecule has 37 heavy (non-hydrogen) atoms. The van der Waals surface area contributed by atoms with Crippen LogP contribution in [-0.4, -0.2) is 4.98 Å². The summed E-state index contributed by atoms with van der Waals surface area (Å²) in [6.45, 7) is 2.14. The number of aromatic nitrogens is 1. The van der Waals surface area contributed by atoms with Gasteiger partial charge >= 0.3 is 0 Å². The molecule has 2 aromatic heterocycles. The molecular formula is C34H22FNS. The minimum Gasteiger partial charge on any atom is -0.256 e. The lowest BCUT2D eigenvalue weighted by Gasteiger charge is -2.09. The summed E-state index contributed by atoms with van der Waals surface area (Å²) < 4.78 is 16.6. The molecular weight excluding hydrogens is 473 g/mol. The average molecular weight is 496 g/mol. The Labute approximate surface area is 218 Å². The molecule has 7 aromatic rings. The van der Waals surface area contributed by atoms with Crippen molar-refractivity contribution in [3.8, 4) is 33.5 Å². The molecule has 0 radical (unpaired) electrons. The van der Waals surface area contributed by atoms with Crippen molar-refractivity contribution in [3.63, 3.8) is 0 Å². The number of hydrogen-bond acceptors (Lipinski definition) is 2. The zero-order valence-corrected chi connectivity index (χ0v) is 21.0. The second kappa shape index (κ2) is 8.65. The zero-order valence-electron chi connectivity index (χ0n) is 20.2. The molecule has 0 N–H and O–H groups in total. The van der Waals surface area contributed by atoms with Gasteiger partial charge in [-0.2, -0.15) is 0 Å². The Morgan fingerprint density at radius 2 is 1.38 bits per heavy atom. The van der Waals surface area contributed by atoms with Gasteiger partial charge in [-0.3, -0.25) is 4.98 Å². The number of pyridine rings is 1. The number of rotatable bonds is 3. The summed E-state index contributed by atoms with van der Waals surface area (Å²) in [5.41, 5.74) is 7.58. The number of nitrogens with zero attached hydrogens (tertiary/aromatic N) is 1. The van der Waals surface area contributed by atoms with Gasteiger partial charge in [0, 0.05) is 42.9 Å². The Balaban J connectivity index is 1.40. The highest BCUT2D eigenvalue weighted by Gasteiger charge is 2.15. The second-order valence-electron chi connectivity index (χ2n) is 9.42. The molecule has 0 saturated carbocycles. The lowest BCUT2D eigenvalue weighted by atomic mass is 9.95. The third-order valence-corrected chi connectivity index (χ3v) is 8.31. The van der Waals surface area contributed by atoms with Gasteiger partial charge in [-0.25, -0.2) is 4.39 Å². The topological polar surface area (TPSA) is 12.9 Å². The summed E-state index contributed by atoms with van der Waals surface area (Å²) in [5.74, 6) is -0.220. The Kier molecular flexibility index (Phi) is 5.12. The normalized spacial score (nSPS) is 11.5. The van der Waals surface area contributed by atoms with Gasteiger partial charge in [0.25, 0.3) is 0 Å². The molecule has 0 bridgehead atoms. The molecule has 0 unspecified atom stereocenters. The molecule has 176 valence electrons. The first-order chi connectivity index (χ1) is 18.2. The molecule has 1 nitrogen and oxygen atoms in total. The van der Waals surface area contributed by atoms with E-state index in [0.717, 1.165) is 33.3 Å². The van der Waals surface area contributed by atoms with Crippen molar-refractivity contribution in [3.05, 3.63) is 127 Å². The first-order valence-electron chi connectivity index (χ1n) is 12.3. The monoisotopic (exact) mass is 495 g/mol. The standard InChI is InChI=1S/C34H22FNS/c1-21-16-32(36-20-31(21)22-8-3-2-4-9-22)24-14-15-27-30-19-29(23-10-7-11-25(35)17-23)26-12-5-6-13-28(26)34(30)37-33(27)18-24/h2-20H,1H3. The molecule has 0 amide bonds. The van der Waals surface area contributed by atoms with Crippen molar-refractivity contribution in [1.82, 2.24) is 4.98 Å². The third-order valence-electron chi connectivity index (χ3n) is 7.11. The van der Waals surface area contributed by atoms with Crippen LogP contribution in [0.3, 0.4) is 0 Å². The van der Waals surface area contributed by atoms with E-state index < -0.39 is 0 Å². The Bertz CT molecular complexity index is 1950. The molecule has 7 rings (SSSR count). The van der Waals surface area contributed by atoms with Crippen LogP contribution in [0.4, 0.5) is 4.39 Å². The van der Waals surface area contributed by atoms with Gasteiger partial charge in [0.05, 0.1) is 5.69 Å². The van der Waals surface area contributed by atoms with E-state index >= 15 is 0 Å². The molecule has 0 aliphatic carbocycles. The minimum atomic E-state index is -0.220. The quantitative estimate of drug-likeness (QED) is 0.238. The fraction of sp³-hybridized carbons (Fsp3) is 0.0294. The molecule has 0 spiro atoms. The lowest BCUT2D eigenvalue weighted by Crippen LogP contribution is -1.89. The predicted octanol–water partition coefficient (Wildman–Crippen LogP) is 10.1. The number of fused-ring (bicyclic) bond motifs is 5. The van der Waals surface area contributed by atoms with E-state index in [1.54, 1.807) is 12.1 Å². The maximum atomic E-state index is 14.1. The summed E-state index contributed by atoms with van der Waals surface area (Å²) in [6.07, 6.45) is 1.98. The van der Waals surface area contributed by atoms with E-state index in [-0.39, 0.29) is 5.82 Å². The molecule has 5 aromatic carbocycles. The van der Waals surface area contributed by atoms with E-state index in [0.29, 0.717) is 0 Å². The van der Waals surface area contributed by atoms with Gasteiger partial charge in [-0.15, -0.1) is 11.3 Å². The molecule has 2 heterocycles.